The molecule has 162 valence electrons. The van der Waals surface area contributed by atoms with E-state index in [9.17, 15) is 23.1 Å². The second-order valence-corrected chi connectivity index (χ2v) is 6.92. The molecule has 1 aromatic carbocycles. The van der Waals surface area contributed by atoms with Crippen molar-refractivity contribution in [2.45, 2.75) is 18.9 Å². The number of amides is 1. The molecule has 2 N–H and O–H groups in total. The van der Waals surface area contributed by atoms with Crippen molar-refractivity contribution < 1.29 is 32.3 Å². The normalized spacial score (nSPS) is 16.4. The van der Waals surface area contributed by atoms with E-state index in [2.05, 4.69) is 20.2 Å². The standard InChI is InChI=1S/C20H17F3N4O4/c21-20(22,23)31-16-3-1-14(2-4-16)26-19(29)12-7-17(13-9-25-30-11-13)18(24-8-12)27-6-5-15(28)10-27/h1-4,7-9,11,15,28H,5-6,10H2,(H,26,29). The number of alkyl halides is 3. The van der Waals surface area contributed by atoms with Crippen molar-refractivity contribution in [2.24, 2.45) is 0 Å². The monoisotopic (exact) mass is 434 g/mol. The van der Waals surface area contributed by atoms with E-state index in [1.165, 1.54) is 30.8 Å². The van der Waals surface area contributed by atoms with Gasteiger partial charge in [0.1, 0.15) is 17.8 Å². The van der Waals surface area contributed by atoms with Crippen LogP contribution in [0.5, 0.6) is 5.75 Å². The van der Waals surface area contributed by atoms with Crippen LogP contribution in [0.25, 0.3) is 11.1 Å². The Morgan fingerprint density at radius 3 is 2.65 bits per heavy atom. The summed E-state index contributed by atoms with van der Waals surface area (Å²) in [5.74, 6) is -0.299. The maximum absolute atomic E-state index is 12.7. The Hall–Kier alpha value is -3.60. The third-order valence-corrected chi connectivity index (χ3v) is 4.68. The fourth-order valence-corrected chi connectivity index (χ4v) is 3.26. The molecular weight excluding hydrogens is 417 g/mol. The zero-order valence-corrected chi connectivity index (χ0v) is 16.0. The van der Waals surface area contributed by atoms with Crippen molar-refractivity contribution >= 4 is 17.4 Å². The Bertz CT molecular complexity index is 1060. The number of aliphatic hydroxyl groups excluding tert-OH is 1. The molecule has 2 aromatic heterocycles. The van der Waals surface area contributed by atoms with Gasteiger partial charge in [-0.3, -0.25) is 4.79 Å². The van der Waals surface area contributed by atoms with Crippen LogP contribution in [0.2, 0.25) is 0 Å². The van der Waals surface area contributed by atoms with Crippen LogP contribution < -0.4 is 15.0 Å². The van der Waals surface area contributed by atoms with E-state index in [0.29, 0.717) is 36.5 Å². The zero-order valence-electron chi connectivity index (χ0n) is 16.0. The largest absolute Gasteiger partial charge is 0.573 e. The summed E-state index contributed by atoms with van der Waals surface area (Å²) >= 11 is 0. The van der Waals surface area contributed by atoms with Gasteiger partial charge in [0.25, 0.3) is 5.91 Å². The van der Waals surface area contributed by atoms with Gasteiger partial charge in [-0.15, -0.1) is 13.2 Å². The summed E-state index contributed by atoms with van der Waals surface area (Å²) in [6.07, 6.45) is -0.317. The lowest BCUT2D eigenvalue weighted by Crippen LogP contribution is -2.23. The average Bonchev–Trinajstić information content (AvgIpc) is 3.40. The van der Waals surface area contributed by atoms with Gasteiger partial charge < -0.3 is 24.6 Å². The van der Waals surface area contributed by atoms with Crippen LogP contribution >= 0.6 is 0 Å². The minimum absolute atomic E-state index is 0.232. The second-order valence-electron chi connectivity index (χ2n) is 6.92. The molecule has 1 saturated heterocycles. The average molecular weight is 434 g/mol. The summed E-state index contributed by atoms with van der Waals surface area (Å²) < 4.78 is 45.5. The van der Waals surface area contributed by atoms with E-state index in [1.54, 1.807) is 6.07 Å². The predicted octanol–water partition coefficient (Wildman–Crippen LogP) is 3.46. The summed E-state index contributed by atoms with van der Waals surface area (Å²) in [6, 6.07) is 6.42. The number of aliphatic hydroxyl groups is 1. The number of pyridine rings is 1. The van der Waals surface area contributed by atoms with Gasteiger partial charge in [0.05, 0.1) is 17.9 Å². The first-order chi connectivity index (χ1) is 14.8. The topological polar surface area (TPSA) is 101 Å². The van der Waals surface area contributed by atoms with E-state index in [0.717, 1.165) is 12.1 Å². The number of halogens is 3. The number of β-amino-alcohol motifs (C(OH)–C–C–N with tert-alkyl or cyclic N) is 1. The molecule has 3 heterocycles. The van der Waals surface area contributed by atoms with Crippen LogP contribution in [0.4, 0.5) is 24.7 Å². The van der Waals surface area contributed by atoms with Gasteiger partial charge in [0, 0.05) is 36.1 Å². The number of carbonyl (C=O) groups is 1. The van der Waals surface area contributed by atoms with Crippen LogP contribution in [0, 0.1) is 0 Å². The Morgan fingerprint density at radius 1 is 1.26 bits per heavy atom. The molecule has 1 unspecified atom stereocenters. The first-order valence-electron chi connectivity index (χ1n) is 9.28. The fraction of sp³-hybridized carbons (Fsp3) is 0.250. The predicted molar refractivity (Wildman–Crippen MR) is 104 cm³/mol. The van der Waals surface area contributed by atoms with E-state index < -0.39 is 18.4 Å². The lowest BCUT2D eigenvalue weighted by Gasteiger charge is -2.20. The lowest BCUT2D eigenvalue weighted by molar-refractivity contribution is -0.274. The highest BCUT2D eigenvalue weighted by Gasteiger charge is 2.31. The van der Waals surface area contributed by atoms with Crippen LogP contribution in [-0.2, 0) is 0 Å². The SMILES string of the molecule is O=C(Nc1ccc(OC(F)(F)F)cc1)c1cnc(N2CCC(O)C2)c(-c2cnoc2)c1. The third-order valence-electron chi connectivity index (χ3n) is 4.68. The number of nitrogens with zero attached hydrogens (tertiary/aromatic N) is 3. The smallest absolute Gasteiger partial charge is 0.406 e. The Kier molecular flexibility index (Phi) is 5.51. The minimum atomic E-state index is -4.79. The van der Waals surface area contributed by atoms with E-state index in [-0.39, 0.29) is 17.0 Å². The number of hydrogen-bond donors (Lipinski definition) is 2. The van der Waals surface area contributed by atoms with Crippen LogP contribution in [0.3, 0.4) is 0 Å². The molecule has 11 heteroatoms. The van der Waals surface area contributed by atoms with Gasteiger partial charge in [-0.1, -0.05) is 5.16 Å². The maximum Gasteiger partial charge on any atom is 0.573 e. The molecule has 3 aromatic rings. The first-order valence-corrected chi connectivity index (χ1v) is 9.28. The molecule has 1 aliphatic rings. The summed E-state index contributed by atoms with van der Waals surface area (Å²) in [5.41, 5.74) is 1.75. The number of nitrogens with one attached hydrogen (secondary N) is 1. The second kappa shape index (κ2) is 8.26. The Morgan fingerprint density at radius 2 is 2.03 bits per heavy atom. The third kappa shape index (κ3) is 4.94. The molecular formula is C20H17F3N4O4. The molecule has 0 bridgehead atoms. The molecule has 0 saturated carbocycles. The molecule has 1 atom stereocenters. The Balaban J connectivity index is 1.55. The minimum Gasteiger partial charge on any atom is -0.406 e. The van der Waals surface area contributed by atoms with E-state index in [4.69, 9.17) is 4.52 Å². The number of carbonyl (C=O) groups excluding carboxylic acids is 1. The van der Waals surface area contributed by atoms with Gasteiger partial charge in [0.15, 0.2) is 0 Å². The molecule has 0 aliphatic carbocycles. The number of benzene rings is 1. The highest BCUT2D eigenvalue weighted by molar-refractivity contribution is 6.05. The maximum atomic E-state index is 12.7. The van der Waals surface area contributed by atoms with Crippen LogP contribution in [0.15, 0.2) is 53.5 Å². The van der Waals surface area contributed by atoms with Gasteiger partial charge >= 0.3 is 6.36 Å². The van der Waals surface area contributed by atoms with Crippen molar-refractivity contribution in [3.63, 3.8) is 0 Å². The fourth-order valence-electron chi connectivity index (χ4n) is 3.26. The van der Waals surface area contributed by atoms with Crippen molar-refractivity contribution in [1.82, 2.24) is 10.1 Å². The molecule has 1 aliphatic heterocycles. The highest BCUT2D eigenvalue weighted by Crippen LogP contribution is 2.32. The van der Waals surface area contributed by atoms with E-state index in [1.807, 2.05) is 4.90 Å². The summed E-state index contributed by atoms with van der Waals surface area (Å²) in [6.45, 7) is 1.04. The summed E-state index contributed by atoms with van der Waals surface area (Å²) in [5, 5.41) is 16.1. The van der Waals surface area contributed by atoms with Gasteiger partial charge in [-0.05, 0) is 36.8 Å². The van der Waals surface area contributed by atoms with Crippen molar-refractivity contribution in [2.75, 3.05) is 23.3 Å². The number of ether oxygens (including phenoxy) is 1. The highest BCUT2D eigenvalue weighted by atomic mass is 19.4. The Labute approximate surface area is 174 Å². The van der Waals surface area contributed by atoms with Gasteiger partial charge in [-0.25, -0.2) is 4.98 Å². The van der Waals surface area contributed by atoms with Gasteiger partial charge in [-0.2, -0.15) is 0 Å². The molecule has 0 spiro atoms. The van der Waals surface area contributed by atoms with Crippen LogP contribution in [0.1, 0.15) is 16.8 Å². The molecule has 1 fully saturated rings. The zero-order chi connectivity index (χ0) is 22.0. The molecule has 31 heavy (non-hydrogen) atoms. The first kappa shape index (κ1) is 20.7. The quantitative estimate of drug-likeness (QED) is 0.634. The van der Waals surface area contributed by atoms with Crippen molar-refractivity contribution in [1.29, 1.82) is 0 Å². The number of aromatic nitrogens is 2. The summed E-state index contributed by atoms with van der Waals surface area (Å²) in [4.78, 5) is 19.0. The lowest BCUT2D eigenvalue weighted by atomic mass is 10.1. The molecule has 1 amide bonds. The number of hydrogen-bond acceptors (Lipinski definition) is 7. The molecule has 8 nitrogen and oxygen atoms in total. The molecule has 0 radical (unpaired) electrons. The molecule has 4 rings (SSSR count). The van der Waals surface area contributed by atoms with E-state index >= 15 is 0 Å². The van der Waals surface area contributed by atoms with Crippen molar-refractivity contribution in [3.8, 4) is 16.9 Å². The number of rotatable bonds is 5. The van der Waals surface area contributed by atoms with Crippen LogP contribution in [-0.4, -0.2) is 46.7 Å². The van der Waals surface area contributed by atoms with Gasteiger partial charge in [0.2, 0.25) is 0 Å². The summed E-state index contributed by atoms with van der Waals surface area (Å²) in [7, 11) is 0. The number of anilines is 2. The van der Waals surface area contributed by atoms with Crippen molar-refractivity contribution in [3.05, 3.63) is 54.6 Å².